The minimum atomic E-state index is -1.23. The number of nitro benzene ring substituents is 1. The highest BCUT2D eigenvalue weighted by Gasteiger charge is 2.34. The topological polar surface area (TPSA) is 125 Å². The van der Waals surface area contributed by atoms with Crippen molar-refractivity contribution in [2.45, 2.75) is 44.6 Å². The maximum atomic E-state index is 12.9. The van der Waals surface area contributed by atoms with Crippen LogP contribution in [-0.2, 0) is 24.5 Å². The van der Waals surface area contributed by atoms with Crippen LogP contribution in [0.2, 0.25) is 0 Å². The van der Waals surface area contributed by atoms with Crippen molar-refractivity contribution in [2.24, 2.45) is 0 Å². The molecule has 176 valence electrons. The second kappa shape index (κ2) is 10.7. The molecule has 2 atom stereocenters. The van der Waals surface area contributed by atoms with Gasteiger partial charge in [-0.15, -0.1) is 0 Å². The van der Waals surface area contributed by atoms with Crippen LogP contribution in [-0.4, -0.2) is 43.0 Å². The number of amides is 1. The number of nitrogens with one attached hydrogen (secondary N) is 1. The zero-order valence-electron chi connectivity index (χ0n) is 19.3. The van der Waals surface area contributed by atoms with Gasteiger partial charge in [0.15, 0.2) is 0 Å². The summed E-state index contributed by atoms with van der Waals surface area (Å²) in [6, 6.07) is 11.2. The fourth-order valence-corrected chi connectivity index (χ4v) is 3.33. The van der Waals surface area contributed by atoms with E-state index in [0.29, 0.717) is 11.1 Å². The van der Waals surface area contributed by atoms with E-state index in [9.17, 15) is 24.5 Å². The number of hydrogen-bond donors (Lipinski definition) is 1. The number of methoxy groups -OCH3 is 2. The molecule has 0 aliphatic carbocycles. The minimum absolute atomic E-state index is 0.0922. The Labute approximate surface area is 192 Å². The largest absolute Gasteiger partial charge is 0.469 e. The number of benzene rings is 2. The van der Waals surface area contributed by atoms with Gasteiger partial charge in [0.25, 0.3) is 11.6 Å². The van der Waals surface area contributed by atoms with Crippen LogP contribution in [0.15, 0.2) is 48.5 Å². The molecule has 9 heteroatoms. The van der Waals surface area contributed by atoms with Crippen molar-refractivity contribution in [2.75, 3.05) is 14.2 Å². The lowest BCUT2D eigenvalue weighted by Crippen LogP contribution is -2.46. The molecule has 9 nitrogen and oxygen atoms in total. The summed E-state index contributed by atoms with van der Waals surface area (Å²) < 4.78 is 9.63. The summed E-state index contributed by atoms with van der Waals surface area (Å²) in [4.78, 5) is 48.1. The minimum Gasteiger partial charge on any atom is -0.469 e. The first kappa shape index (κ1) is 25.5. The lowest BCUT2D eigenvalue weighted by Gasteiger charge is -2.26. The van der Waals surface area contributed by atoms with Crippen LogP contribution in [0, 0.1) is 10.1 Å². The van der Waals surface area contributed by atoms with Gasteiger partial charge >= 0.3 is 11.9 Å². The zero-order valence-corrected chi connectivity index (χ0v) is 19.3. The maximum absolute atomic E-state index is 12.9. The Kier molecular flexibility index (Phi) is 8.28. The summed E-state index contributed by atoms with van der Waals surface area (Å²) in [6.07, 6.45) is -0.253. The van der Waals surface area contributed by atoms with Crippen molar-refractivity contribution in [3.8, 4) is 0 Å². The van der Waals surface area contributed by atoms with Crippen LogP contribution < -0.4 is 5.32 Å². The fraction of sp³-hybridized carbons (Fsp3) is 0.375. The molecule has 2 aromatic carbocycles. The number of carbonyl (C=O) groups is 3. The molecule has 0 saturated heterocycles. The number of carbonyl (C=O) groups excluding carboxylic acids is 3. The first-order chi connectivity index (χ1) is 15.5. The molecule has 2 aromatic rings. The van der Waals surface area contributed by atoms with Crippen LogP contribution in [0.3, 0.4) is 0 Å². The number of esters is 2. The summed E-state index contributed by atoms with van der Waals surface area (Å²) in [5.41, 5.74) is 1.57. The Morgan fingerprint density at radius 3 is 2.00 bits per heavy atom. The van der Waals surface area contributed by atoms with Gasteiger partial charge in [0.05, 0.1) is 25.6 Å². The molecule has 0 fully saturated rings. The average molecular weight is 456 g/mol. The van der Waals surface area contributed by atoms with E-state index in [-0.39, 0.29) is 17.5 Å². The SMILES string of the molecule is COC(=O)C[C@H](c1ccc([N+](=O)[O-])cc1)[C@H](NC(=O)c1ccc(C(C)(C)C)cc1)C(=O)OC. The van der Waals surface area contributed by atoms with Gasteiger partial charge < -0.3 is 14.8 Å². The van der Waals surface area contributed by atoms with E-state index in [1.54, 1.807) is 12.1 Å². The normalized spacial score (nSPS) is 12.9. The molecule has 1 N–H and O–H groups in total. The van der Waals surface area contributed by atoms with Gasteiger partial charge in [0.2, 0.25) is 0 Å². The van der Waals surface area contributed by atoms with Gasteiger partial charge in [-0.25, -0.2) is 4.79 Å². The van der Waals surface area contributed by atoms with Crippen LogP contribution >= 0.6 is 0 Å². The number of rotatable bonds is 8. The number of nitro groups is 1. The highest BCUT2D eigenvalue weighted by Crippen LogP contribution is 2.28. The summed E-state index contributed by atoms with van der Waals surface area (Å²) in [6.45, 7) is 6.16. The number of nitrogens with zero attached hydrogens (tertiary/aromatic N) is 1. The molecule has 0 heterocycles. The van der Waals surface area contributed by atoms with E-state index in [2.05, 4.69) is 26.1 Å². The predicted molar refractivity (Wildman–Crippen MR) is 121 cm³/mol. The average Bonchev–Trinajstić information content (AvgIpc) is 2.80. The summed E-state index contributed by atoms with van der Waals surface area (Å²) >= 11 is 0. The third-order valence-corrected chi connectivity index (χ3v) is 5.30. The first-order valence-electron chi connectivity index (χ1n) is 10.3. The van der Waals surface area contributed by atoms with Gasteiger partial charge in [0, 0.05) is 23.6 Å². The van der Waals surface area contributed by atoms with Crippen LogP contribution in [0.4, 0.5) is 5.69 Å². The number of hydrogen-bond acceptors (Lipinski definition) is 7. The third kappa shape index (κ3) is 6.61. The first-order valence-corrected chi connectivity index (χ1v) is 10.3. The Morgan fingerprint density at radius 1 is 0.970 bits per heavy atom. The van der Waals surface area contributed by atoms with Gasteiger partial charge in [-0.1, -0.05) is 45.0 Å². The standard InChI is InChI=1S/C24H28N2O7/c1-24(2,3)17-10-6-16(7-11-17)22(28)25-21(23(29)33-5)19(14-20(27)32-4)15-8-12-18(13-9-15)26(30)31/h6-13,19,21H,14H2,1-5H3,(H,25,28)/t19-,21+/m1/s1. The highest BCUT2D eigenvalue weighted by atomic mass is 16.6. The Hall–Kier alpha value is -3.75. The van der Waals surface area contributed by atoms with E-state index in [1.807, 2.05) is 12.1 Å². The molecule has 1 amide bonds. The van der Waals surface area contributed by atoms with Gasteiger partial charge in [-0.3, -0.25) is 19.7 Å². The molecule has 0 aliphatic rings. The molecule has 0 aliphatic heterocycles. The van der Waals surface area contributed by atoms with Crippen molar-refractivity contribution in [3.05, 3.63) is 75.3 Å². The molecule has 0 spiro atoms. The Balaban J connectivity index is 2.39. The van der Waals surface area contributed by atoms with E-state index in [0.717, 1.165) is 5.56 Å². The summed E-state index contributed by atoms with van der Waals surface area (Å²) in [5, 5.41) is 13.6. The number of non-ortho nitro benzene ring substituents is 1. The van der Waals surface area contributed by atoms with Crippen LogP contribution in [0.25, 0.3) is 0 Å². The van der Waals surface area contributed by atoms with Crippen molar-refractivity contribution in [1.29, 1.82) is 0 Å². The zero-order chi connectivity index (χ0) is 24.8. The predicted octanol–water partition coefficient (Wildman–Crippen LogP) is 3.51. The molecular formula is C24H28N2O7. The molecule has 0 saturated carbocycles. The summed E-state index contributed by atoms with van der Waals surface area (Å²) in [5.74, 6) is -2.77. The third-order valence-electron chi connectivity index (χ3n) is 5.30. The van der Waals surface area contributed by atoms with Crippen molar-refractivity contribution < 1.29 is 28.8 Å². The smallest absolute Gasteiger partial charge is 0.329 e. The van der Waals surface area contributed by atoms with Crippen molar-refractivity contribution in [1.82, 2.24) is 5.32 Å². The van der Waals surface area contributed by atoms with E-state index in [4.69, 9.17) is 9.47 Å². The Morgan fingerprint density at radius 2 is 1.55 bits per heavy atom. The molecule has 0 aromatic heterocycles. The second-order valence-corrected chi connectivity index (χ2v) is 8.54. The molecule has 2 rings (SSSR count). The lowest BCUT2D eigenvalue weighted by atomic mass is 9.86. The lowest BCUT2D eigenvalue weighted by molar-refractivity contribution is -0.384. The van der Waals surface area contributed by atoms with E-state index in [1.165, 1.54) is 38.5 Å². The van der Waals surface area contributed by atoms with Crippen molar-refractivity contribution >= 4 is 23.5 Å². The Bertz CT molecular complexity index is 1010. The fourth-order valence-electron chi connectivity index (χ4n) is 3.33. The maximum Gasteiger partial charge on any atom is 0.329 e. The van der Waals surface area contributed by atoms with Crippen molar-refractivity contribution in [3.63, 3.8) is 0 Å². The summed E-state index contributed by atoms with van der Waals surface area (Å²) in [7, 11) is 2.38. The molecular weight excluding hydrogens is 428 g/mol. The van der Waals surface area contributed by atoms with Crippen LogP contribution in [0.5, 0.6) is 0 Å². The van der Waals surface area contributed by atoms with Gasteiger partial charge in [-0.05, 0) is 28.7 Å². The molecule has 0 bridgehead atoms. The second-order valence-electron chi connectivity index (χ2n) is 8.54. The van der Waals surface area contributed by atoms with Gasteiger partial charge in [0.1, 0.15) is 6.04 Å². The van der Waals surface area contributed by atoms with Gasteiger partial charge in [-0.2, -0.15) is 0 Å². The monoisotopic (exact) mass is 456 g/mol. The highest BCUT2D eigenvalue weighted by molar-refractivity contribution is 5.97. The van der Waals surface area contributed by atoms with Crippen LogP contribution in [0.1, 0.15) is 54.6 Å². The van der Waals surface area contributed by atoms with E-state index >= 15 is 0 Å². The molecule has 33 heavy (non-hydrogen) atoms. The molecule has 0 radical (unpaired) electrons. The number of ether oxygens (including phenoxy) is 2. The van der Waals surface area contributed by atoms with E-state index < -0.39 is 34.7 Å². The molecule has 0 unspecified atom stereocenters. The quantitative estimate of drug-likeness (QED) is 0.366.